The second kappa shape index (κ2) is 5.63. The van der Waals surface area contributed by atoms with Crippen molar-refractivity contribution in [1.82, 2.24) is 14.8 Å². The molecule has 2 heterocycles. The number of amides is 1. The monoisotopic (exact) mass is 298 g/mol. The van der Waals surface area contributed by atoms with Gasteiger partial charge >= 0.3 is 0 Å². The summed E-state index contributed by atoms with van der Waals surface area (Å²) in [4.78, 5) is 16.3. The third-order valence-corrected chi connectivity index (χ3v) is 3.43. The van der Waals surface area contributed by atoms with Crippen LogP contribution < -0.4 is 5.32 Å². The molecule has 0 unspecified atom stereocenters. The Kier molecular flexibility index (Phi) is 3.66. The molecular formula is C16H18N4O2. The van der Waals surface area contributed by atoms with Gasteiger partial charge in [0, 0.05) is 31.3 Å². The van der Waals surface area contributed by atoms with Gasteiger partial charge in [0.25, 0.3) is 0 Å². The lowest BCUT2D eigenvalue weighted by Crippen LogP contribution is -2.15. The topological polar surface area (TPSA) is 73.0 Å². The number of carbonyl (C=O) groups excluding carboxylic acids is 1. The van der Waals surface area contributed by atoms with Crippen LogP contribution in [0, 0.1) is 20.8 Å². The van der Waals surface area contributed by atoms with E-state index >= 15 is 0 Å². The molecule has 1 amide bonds. The van der Waals surface area contributed by atoms with Gasteiger partial charge in [-0.1, -0.05) is 0 Å². The van der Waals surface area contributed by atoms with Gasteiger partial charge in [-0.3, -0.25) is 9.48 Å². The highest BCUT2D eigenvalue weighted by Crippen LogP contribution is 2.19. The number of fused-ring (bicyclic) bond motifs is 1. The van der Waals surface area contributed by atoms with Crippen molar-refractivity contribution in [3.8, 4) is 0 Å². The molecule has 0 bridgehead atoms. The summed E-state index contributed by atoms with van der Waals surface area (Å²) in [7, 11) is 0. The van der Waals surface area contributed by atoms with E-state index in [0.717, 1.165) is 28.2 Å². The van der Waals surface area contributed by atoms with Gasteiger partial charge in [-0.15, -0.1) is 0 Å². The second-order valence-corrected chi connectivity index (χ2v) is 5.36. The Balaban J connectivity index is 1.64. The van der Waals surface area contributed by atoms with Crippen LogP contribution in [-0.2, 0) is 11.3 Å². The van der Waals surface area contributed by atoms with Gasteiger partial charge in [0.2, 0.25) is 5.91 Å². The Morgan fingerprint density at radius 1 is 1.27 bits per heavy atom. The van der Waals surface area contributed by atoms with Gasteiger partial charge in [0.1, 0.15) is 5.52 Å². The quantitative estimate of drug-likeness (QED) is 0.803. The van der Waals surface area contributed by atoms with Crippen molar-refractivity contribution in [3.63, 3.8) is 0 Å². The lowest BCUT2D eigenvalue weighted by atomic mass is 10.2. The number of nitrogens with zero attached hydrogens (tertiary/aromatic N) is 3. The first kappa shape index (κ1) is 14.3. The Morgan fingerprint density at radius 3 is 2.82 bits per heavy atom. The normalized spacial score (nSPS) is 11.0. The van der Waals surface area contributed by atoms with Crippen molar-refractivity contribution in [2.24, 2.45) is 0 Å². The van der Waals surface area contributed by atoms with Gasteiger partial charge < -0.3 is 9.73 Å². The maximum atomic E-state index is 12.0. The number of aryl methyl sites for hydroxylation is 4. The number of rotatable bonds is 4. The van der Waals surface area contributed by atoms with E-state index in [9.17, 15) is 4.79 Å². The molecule has 2 aromatic heterocycles. The summed E-state index contributed by atoms with van der Waals surface area (Å²) < 4.78 is 7.26. The molecule has 0 aliphatic heterocycles. The van der Waals surface area contributed by atoms with Gasteiger partial charge in [-0.2, -0.15) is 5.10 Å². The third kappa shape index (κ3) is 3.00. The summed E-state index contributed by atoms with van der Waals surface area (Å²) in [5.74, 6) is 0.565. The molecule has 0 spiro atoms. The van der Waals surface area contributed by atoms with Crippen LogP contribution in [0.4, 0.5) is 5.69 Å². The number of anilines is 1. The Morgan fingerprint density at radius 2 is 2.09 bits per heavy atom. The van der Waals surface area contributed by atoms with Crippen molar-refractivity contribution >= 4 is 22.7 Å². The fraction of sp³-hybridized carbons (Fsp3) is 0.312. The van der Waals surface area contributed by atoms with Crippen molar-refractivity contribution in [2.45, 2.75) is 33.7 Å². The summed E-state index contributed by atoms with van der Waals surface area (Å²) in [6.07, 6.45) is 0.373. The van der Waals surface area contributed by atoms with Crippen LogP contribution in [0.1, 0.15) is 23.7 Å². The highest BCUT2D eigenvalue weighted by atomic mass is 16.3. The van der Waals surface area contributed by atoms with Crippen LogP contribution in [0.5, 0.6) is 0 Å². The molecule has 22 heavy (non-hydrogen) atoms. The predicted octanol–water partition coefficient (Wildman–Crippen LogP) is 2.98. The van der Waals surface area contributed by atoms with E-state index in [-0.39, 0.29) is 5.91 Å². The van der Waals surface area contributed by atoms with Gasteiger partial charge in [-0.05, 0) is 38.1 Å². The Hall–Kier alpha value is -2.63. The zero-order valence-corrected chi connectivity index (χ0v) is 12.9. The number of aromatic nitrogens is 3. The average molecular weight is 298 g/mol. The minimum absolute atomic E-state index is 0.0490. The first-order valence-corrected chi connectivity index (χ1v) is 7.19. The van der Waals surface area contributed by atoms with Crippen LogP contribution in [0.2, 0.25) is 0 Å². The molecular weight excluding hydrogens is 280 g/mol. The van der Waals surface area contributed by atoms with E-state index in [2.05, 4.69) is 15.4 Å². The second-order valence-electron chi connectivity index (χ2n) is 5.36. The van der Waals surface area contributed by atoms with Crippen molar-refractivity contribution in [1.29, 1.82) is 0 Å². The van der Waals surface area contributed by atoms with E-state index in [1.165, 1.54) is 0 Å². The molecule has 3 aromatic rings. The smallest absolute Gasteiger partial charge is 0.226 e. The molecule has 3 rings (SSSR count). The maximum Gasteiger partial charge on any atom is 0.226 e. The molecule has 0 fully saturated rings. The zero-order chi connectivity index (χ0) is 15.7. The minimum atomic E-state index is -0.0490. The average Bonchev–Trinajstić information content (AvgIpc) is 2.97. The Labute approximate surface area is 128 Å². The zero-order valence-electron chi connectivity index (χ0n) is 12.9. The number of carbonyl (C=O) groups is 1. The molecule has 0 atom stereocenters. The van der Waals surface area contributed by atoms with E-state index in [1.807, 2.05) is 42.8 Å². The molecule has 0 aliphatic carbocycles. The third-order valence-electron chi connectivity index (χ3n) is 3.43. The first-order valence-electron chi connectivity index (χ1n) is 7.19. The molecule has 0 aliphatic rings. The molecule has 6 nitrogen and oxygen atoms in total. The summed E-state index contributed by atoms with van der Waals surface area (Å²) in [5, 5.41) is 7.23. The summed E-state index contributed by atoms with van der Waals surface area (Å²) in [6.45, 7) is 6.29. The minimum Gasteiger partial charge on any atom is -0.441 e. The van der Waals surface area contributed by atoms with Gasteiger partial charge in [-0.25, -0.2) is 4.98 Å². The highest BCUT2D eigenvalue weighted by Gasteiger charge is 2.08. The molecule has 1 aromatic carbocycles. The lowest BCUT2D eigenvalue weighted by molar-refractivity contribution is -0.116. The largest absolute Gasteiger partial charge is 0.441 e. The molecule has 6 heteroatoms. The number of hydrogen-bond acceptors (Lipinski definition) is 4. The van der Waals surface area contributed by atoms with Crippen molar-refractivity contribution in [3.05, 3.63) is 41.5 Å². The highest BCUT2D eigenvalue weighted by molar-refractivity contribution is 5.92. The maximum absolute atomic E-state index is 12.0. The van der Waals surface area contributed by atoms with E-state index in [4.69, 9.17) is 4.42 Å². The fourth-order valence-corrected chi connectivity index (χ4v) is 2.45. The van der Waals surface area contributed by atoms with Crippen LogP contribution >= 0.6 is 0 Å². The summed E-state index contributed by atoms with van der Waals surface area (Å²) in [6, 6.07) is 7.44. The van der Waals surface area contributed by atoms with Gasteiger partial charge in [0.15, 0.2) is 11.5 Å². The first-order chi connectivity index (χ1) is 10.5. The summed E-state index contributed by atoms with van der Waals surface area (Å²) in [5.41, 5.74) is 4.21. The number of hydrogen-bond donors (Lipinski definition) is 1. The number of nitrogens with one attached hydrogen (secondary N) is 1. The fourth-order valence-electron chi connectivity index (χ4n) is 2.45. The van der Waals surface area contributed by atoms with Gasteiger partial charge in [0.05, 0.1) is 5.69 Å². The van der Waals surface area contributed by atoms with Crippen LogP contribution in [0.3, 0.4) is 0 Å². The van der Waals surface area contributed by atoms with Crippen LogP contribution in [-0.4, -0.2) is 20.7 Å². The molecule has 0 saturated carbocycles. The molecule has 114 valence electrons. The summed E-state index contributed by atoms with van der Waals surface area (Å²) >= 11 is 0. The Bertz CT molecular complexity index is 832. The molecule has 0 saturated heterocycles. The lowest BCUT2D eigenvalue weighted by Gasteiger charge is -2.06. The van der Waals surface area contributed by atoms with E-state index in [1.54, 1.807) is 6.92 Å². The number of benzene rings is 1. The molecule has 0 radical (unpaired) electrons. The van der Waals surface area contributed by atoms with Crippen molar-refractivity contribution < 1.29 is 9.21 Å². The van der Waals surface area contributed by atoms with Crippen LogP contribution in [0.25, 0.3) is 11.1 Å². The predicted molar refractivity (Wildman–Crippen MR) is 83.7 cm³/mol. The van der Waals surface area contributed by atoms with E-state index in [0.29, 0.717) is 18.9 Å². The standard InChI is InChI=1S/C16H18N4O2/c1-10-8-11(2)20(19-10)7-6-16(21)18-13-4-5-15-14(9-13)17-12(3)22-15/h4-5,8-9H,6-7H2,1-3H3,(H,18,21). The number of oxazole rings is 1. The van der Waals surface area contributed by atoms with Crippen LogP contribution in [0.15, 0.2) is 28.7 Å². The SMILES string of the molecule is Cc1cc(C)n(CCC(=O)Nc2ccc3oc(C)nc3c2)n1. The van der Waals surface area contributed by atoms with Crippen molar-refractivity contribution in [2.75, 3.05) is 5.32 Å². The van der Waals surface area contributed by atoms with E-state index < -0.39 is 0 Å². The molecule has 1 N–H and O–H groups in total.